The van der Waals surface area contributed by atoms with Crippen molar-refractivity contribution in [2.24, 2.45) is 0 Å². The molecule has 0 aliphatic carbocycles. The van der Waals surface area contributed by atoms with E-state index in [1.807, 2.05) is 0 Å². The molecule has 2 rings (SSSR count). The minimum atomic E-state index is 0.264. The molecule has 0 radical (unpaired) electrons. The lowest BCUT2D eigenvalue weighted by atomic mass is 10.2. The van der Waals surface area contributed by atoms with Crippen LogP contribution in [0, 0.1) is 0 Å². The highest BCUT2D eigenvalue weighted by atomic mass is 32.1. The minimum Gasteiger partial charge on any atom is -0.381 e. The number of rotatable bonds is 4. The second-order valence-corrected chi connectivity index (χ2v) is 5.01. The standard InChI is InChI=1S/C11H18N2OS/c1-8(14-2)6-11-13-10(7-15-11)9-4-3-5-12-9/h7-9,12H,3-6H2,1-2H3/t8?,9-/m0/s1. The van der Waals surface area contributed by atoms with Crippen molar-refractivity contribution in [3.05, 3.63) is 16.1 Å². The summed E-state index contributed by atoms with van der Waals surface area (Å²) in [6, 6.07) is 0.493. The lowest BCUT2D eigenvalue weighted by molar-refractivity contribution is 0.118. The van der Waals surface area contributed by atoms with E-state index in [0.29, 0.717) is 6.04 Å². The zero-order chi connectivity index (χ0) is 10.7. The van der Waals surface area contributed by atoms with Gasteiger partial charge in [-0.05, 0) is 26.3 Å². The summed E-state index contributed by atoms with van der Waals surface area (Å²) in [6.07, 6.45) is 3.68. The van der Waals surface area contributed by atoms with E-state index in [1.165, 1.54) is 23.5 Å². The quantitative estimate of drug-likeness (QED) is 0.854. The summed E-state index contributed by atoms with van der Waals surface area (Å²) in [5, 5.41) is 6.84. The van der Waals surface area contributed by atoms with Crippen LogP contribution in [-0.2, 0) is 11.2 Å². The van der Waals surface area contributed by atoms with Gasteiger partial charge < -0.3 is 10.1 Å². The molecule has 0 spiro atoms. The molecular weight excluding hydrogens is 208 g/mol. The Morgan fingerprint density at radius 2 is 2.60 bits per heavy atom. The van der Waals surface area contributed by atoms with Crippen molar-refractivity contribution in [2.75, 3.05) is 13.7 Å². The largest absolute Gasteiger partial charge is 0.381 e. The van der Waals surface area contributed by atoms with Crippen LogP contribution in [0.5, 0.6) is 0 Å². The molecule has 1 saturated heterocycles. The number of aromatic nitrogens is 1. The number of methoxy groups -OCH3 is 1. The molecule has 1 fully saturated rings. The summed E-state index contributed by atoms with van der Waals surface area (Å²) in [5.74, 6) is 0. The van der Waals surface area contributed by atoms with Gasteiger partial charge in [0.15, 0.2) is 0 Å². The highest BCUT2D eigenvalue weighted by Crippen LogP contribution is 2.24. The minimum absolute atomic E-state index is 0.264. The van der Waals surface area contributed by atoms with Crippen LogP contribution in [0.25, 0.3) is 0 Å². The van der Waals surface area contributed by atoms with Crippen molar-refractivity contribution in [3.8, 4) is 0 Å². The van der Waals surface area contributed by atoms with Crippen LogP contribution >= 0.6 is 11.3 Å². The normalized spacial score (nSPS) is 23.2. The Morgan fingerprint density at radius 3 is 3.27 bits per heavy atom. The first-order valence-electron chi connectivity index (χ1n) is 5.50. The number of nitrogens with zero attached hydrogens (tertiary/aromatic N) is 1. The van der Waals surface area contributed by atoms with Crippen molar-refractivity contribution in [3.63, 3.8) is 0 Å². The highest BCUT2D eigenvalue weighted by Gasteiger charge is 2.19. The van der Waals surface area contributed by atoms with Gasteiger partial charge in [0, 0.05) is 18.9 Å². The third kappa shape index (κ3) is 2.77. The van der Waals surface area contributed by atoms with Crippen molar-refractivity contribution >= 4 is 11.3 Å². The Hall–Kier alpha value is -0.450. The Morgan fingerprint density at radius 1 is 1.73 bits per heavy atom. The number of thiazole rings is 1. The predicted octanol–water partition coefficient (Wildman–Crippen LogP) is 2.15. The molecule has 0 bridgehead atoms. The third-order valence-electron chi connectivity index (χ3n) is 2.85. The average molecular weight is 226 g/mol. The molecular formula is C11H18N2OS. The maximum absolute atomic E-state index is 5.24. The zero-order valence-corrected chi connectivity index (χ0v) is 10.1. The van der Waals surface area contributed by atoms with E-state index in [4.69, 9.17) is 4.74 Å². The van der Waals surface area contributed by atoms with Crippen molar-refractivity contribution < 1.29 is 4.74 Å². The molecule has 2 atom stereocenters. The van der Waals surface area contributed by atoms with Gasteiger partial charge in [0.25, 0.3) is 0 Å². The first kappa shape index (κ1) is 11.0. The Labute approximate surface area is 94.9 Å². The van der Waals surface area contributed by atoms with E-state index in [9.17, 15) is 0 Å². The molecule has 2 heterocycles. The van der Waals surface area contributed by atoms with Crippen LogP contribution < -0.4 is 5.32 Å². The fourth-order valence-electron chi connectivity index (χ4n) is 1.85. The smallest absolute Gasteiger partial charge is 0.0954 e. The van der Waals surface area contributed by atoms with E-state index in [0.717, 1.165) is 13.0 Å². The van der Waals surface area contributed by atoms with Crippen molar-refractivity contribution in [1.29, 1.82) is 0 Å². The van der Waals surface area contributed by atoms with Crippen LogP contribution in [0.4, 0.5) is 0 Å². The van der Waals surface area contributed by atoms with Crippen LogP contribution in [-0.4, -0.2) is 24.7 Å². The first-order valence-corrected chi connectivity index (χ1v) is 6.38. The maximum atomic E-state index is 5.24. The predicted molar refractivity (Wildman–Crippen MR) is 62.3 cm³/mol. The van der Waals surface area contributed by atoms with Gasteiger partial charge >= 0.3 is 0 Å². The molecule has 1 aliphatic heterocycles. The van der Waals surface area contributed by atoms with Crippen LogP contribution in [0.2, 0.25) is 0 Å². The summed E-state index contributed by atoms with van der Waals surface area (Å²) in [5.41, 5.74) is 1.22. The summed E-state index contributed by atoms with van der Waals surface area (Å²) in [7, 11) is 1.75. The Kier molecular flexibility index (Phi) is 3.72. The van der Waals surface area contributed by atoms with Crippen molar-refractivity contribution in [2.45, 2.75) is 38.3 Å². The molecule has 1 N–H and O–H groups in total. The van der Waals surface area contributed by atoms with E-state index < -0.39 is 0 Å². The average Bonchev–Trinajstić information content (AvgIpc) is 2.85. The van der Waals surface area contributed by atoms with Gasteiger partial charge in [-0.15, -0.1) is 11.3 Å². The molecule has 15 heavy (non-hydrogen) atoms. The molecule has 1 unspecified atom stereocenters. The lowest BCUT2D eigenvalue weighted by Gasteiger charge is -2.07. The van der Waals surface area contributed by atoms with Gasteiger partial charge in [-0.25, -0.2) is 4.98 Å². The van der Waals surface area contributed by atoms with Crippen molar-refractivity contribution in [1.82, 2.24) is 10.3 Å². The number of nitrogens with one attached hydrogen (secondary N) is 1. The number of ether oxygens (including phenoxy) is 1. The van der Waals surface area contributed by atoms with Gasteiger partial charge in [0.2, 0.25) is 0 Å². The van der Waals surface area contributed by atoms with E-state index in [-0.39, 0.29) is 6.10 Å². The third-order valence-corrected chi connectivity index (χ3v) is 3.74. The van der Waals surface area contributed by atoms with E-state index in [2.05, 4.69) is 22.6 Å². The molecule has 0 saturated carbocycles. The van der Waals surface area contributed by atoms with Gasteiger partial charge in [0.1, 0.15) is 0 Å². The molecule has 0 aromatic carbocycles. The number of hydrogen-bond acceptors (Lipinski definition) is 4. The van der Waals surface area contributed by atoms with E-state index >= 15 is 0 Å². The molecule has 3 nitrogen and oxygen atoms in total. The summed E-state index contributed by atoms with van der Waals surface area (Å²) in [4.78, 5) is 4.66. The molecule has 4 heteroatoms. The molecule has 1 aromatic rings. The van der Waals surface area contributed by atoms with Gasteiger partial charge in [-0.3, -0.25) is 0 Å². The Bertz CT molecular complexity index is 307. The van der Waals surface area contributed by atoms with Crippen LogP contribution in [0.3, 0.4) is 0 Å². The summed E-state index contributed by atoms with van der Waals surface area (Å²) in [6.45, 7) is 3.21. The Balaban J connectivity index is 1.97. The van der Waals surface area contributed by atoms with Crippen LogP contribution in [0.15, 0.2) is 5.38 Å². The SMILES string of the molecule is COC(C)Cc1nc([C@@H]2CCCN2)cs1. The van der Waals surface area contributed by atoms with Gasteiger partial charge in [0.05, 0.1) is 22.8 Å². The second-order valence-electron chi connectivity index (χ2n) is 4.07. The second kappa shape index (κ2) is 5.05. The summed E-state index contributed by atoms with van der Waals surface area (Å²) >= 11 is 1.75. The molecule has 0 amide bonds. The molecule has 1 aliphatic rings. The fraction of sp³-hybridized carbons (Fsp3) is 0.727. The van der Waals surface area contributed by atoms with E-state index in [1.54, 1.807) is 18.4 Å². The fourth-order valence-corrected chi connectivity index (χ4v) is 2.81. The topological polar surface area (TPSA) is 34.1 Å². The van der Waals surface area contributed by atoms with Gasteiger partial charge in [-0.1, -0.05) is 0 Å². The lowest BCUT2D eigenvalue weighted by Crippen LogP contribution is -2.13. The van der Waals surface area contributed by atoms with Gasteiger partial charge in [-0.2, -0.15) is 0 Å². The monoisotopic (exact) mass is 226 g/mol. The maximum Gasteiger partial charge on any atom is 0.0954 e. The van der Waals surface area contributed by atoms with Crippen LogP contribution in [0.1, 0.15) is 36.5 Å². The highest BCUT2D eigenvalue weighted by molar-refractivity contribution is 7.09. The molecule has 84 valence electrons. The zero-order valence-electron chi connectivity index (χ0n) is 9.32. The first-order chi connectivity index (χ1) is 7.29. The summed E-state index contributed by atoms with van der Waals surface area (Å²) < 4.78 is 5.24. The molecule has 1 aromatic heterocycles. The number of hydrogen-bond donors (Lipinski definition) is 1.